The van der Waals surface area contributed by atoms with Crippen molar-refractivity contribution >= 4 is 0 Å². The van der Waals surface area contributed by atoms with Gasteiger partial charge in [-0.2, -0.15) is 0 Å². The maximum Gasteiger partial charge on any atom is 0.0969 e. The number of rotatable bonds is 4. The second-order valence-corrected chi connectivity index (χ2v) is 5.42. The second-order valence-electron chi connectivity index (χ2n) is 5.42. The number of likely N-dealkylation sites (N-methyl/N-ethyl adjacent to an activating group) is 2. The Bertz CT molecular complexity index is 128. The molecule has 2 nitrogen and oxygen atoms in total. The fourth-order valence-corrected chi connectivity index (χ4v) is 0.782. The molecule has 0 rings (SSSR count). The summed E-state index contributed by atoms with van der Waals surface area (Å²) in [4.78, 5) is 0. The molecule has 0 saturated heterocycles. The molecule has 0 unspecified atom stereocenters. The highest BCUT2D eigenvalue weighted by atomic mass is 15.3. The van der Waals surface area contributed by atoms with Gasteiger partial charge in [0.1, 0.15) is 0 Å². The summed E-state index contributed by atoms with van der Waals surface area (Å²) >= 11 is 0. The van der Waals surface area contributed by atoms with Crippen LogP contribution in [0.3, 0.4) is 0 Å². The van der Waals surface area contributed by atoms with Gasteiger partial charge in [-0.1, -0.05) is 0 Å². The summed E-state index contributed by atoms with van der Waals surface area (Å²) in [6.07, 6.45) is 4.53. The minimum absolute atomic E-state index is 1.01. The molecule has 0 aliphatic carbocycles. The van der Waals surface area contributed by atoms with Crippen molar-refractivity contribution in [1.82, 2.24) is 0 Å². The molecular weight excluding hydrogens is 148 g/mol. The summed E-state index contributed by atoms with van der Waals surface area (Å²) in [6, 6.07) is 0. The average molecular weight is 172 g/mol. The van der Waals surface area contributed by atoms with Crippen LogP contribution < -0.4 is 0 Å². The van der Waals surface area contributed by atoms with E-state index in [9.17, 15) is 0 Å². The van der Waals surface area contributed by atoms with E-state index >= 15 is 0 Å². The summed E-state index contributed by atoms with van der Waals surface area (Å²) in [5.41, 5.74) is 0. The average Bonchev–Trinajstić information content (AvgIpc) is 1.76. The highest BCUT2D eigenvalue weighted by Gasteiger charge is 2.04. The molecule has 0 aromatic heterocycles. The lowest BCUT2D eigenvalue weighted by atomic mass is 10.4. The maximum absolute atomic E-state index is 2.27. The van der Waals surface area contributed by atoms with E-state index in [2.05, 4.69) is 54.4 Å². The van der Waals surface area contributed by atoms with Gasteiger partial charge in [0.05, 0.1) is 55.4 Å². The Hall–Kier alpha value is -0.340. The Balaban J connectivity index is 3.66. The predicted molar refractivity (Wildman–Crippen MR) is 54.9 cm³/mol. The largest absolute Gasteiger partial charge is 0.328 e. The lowest BCUT2D eigenvalue weighted by Gasteiger charge is -2.23. The van der Waals surface area contributed by atoms with Crippen molar-refractivity contribution in [1.29, 1.82) is 0 Å². The first-order valence-electron chi connectivity index (χ1n) is 4.47. The molecule has 72 valence electrons. The molecule has 0 fully saturated rings. The molecule has 0 amide bonds. The molecule has 12 heavy (non-hydrogen) atoms. The molecule has 0 aliphatic rings. The van der Waals surface area contributed by atoms with E-state index in [1.54, 1.807) is 0 Å². The predicted octanol–water partition coefficient (Wildman–Crippen LogP) is 0.955. The smallest absolute Gasteiger partial charge is 0.0969 e. The van der Waals surface area contributed by atoms with Crippen LogP contribution >= 0.6 is 0 Å². The van der Waals surface area contributed by atoms with Gasteiger partial charge in [-0.25, -0.2) is 0 Å². The molecular formula is C10H24N2+2. The standard InChI is InChI=1S/C10H24N2/c1-11(2,3)9-7-8-10-12(4,5)6/h7-8H,9-10H2,1-6H3/q+2. The van der Waals surface area contributed by atoms with E-state index in [1.165, 1.54) is 0 Å². The number of hydrogen-bond donors (Lipinski definition) is 0. The Morgan fingerprint density at radius 3 is 1.08 bits per heavy atom. The lowest BCUT2D eigenvalue weighted by Crippen LogP contribution is -2.36. The van der Waals surface area contributed by atoms with Crippen molar-refractivity contribution < 1.29 is 8.97 Å². The monoisotopic (exact) mass is 172 g/mol. The molecule has 0 spiro atoms. The molecule has 0 aromatic carbocycles. The zero-order valence-corrected chi connectivity index (χ0v) is 9.46. The zero-order chi connectivity index (χ0) is 9.83. The van der Waals surface area contributed by atoms with Crippen LogP contribution in [0, 0.1) is 0 Å². The normalized spacial score (nSPS) is 14.2. The highest BCUT2D eigenvalue weighted by molar-refractivity contribution is 4.80. The Morgan fingerprint density at radius 1 is 0.667 bits per heavy atom. The van der Waals surface area contributed by atoms with E-state index < -0.39 is 0 Å². The number of nitrogens with zero attached hydrogens (tertiary/aromatic N) is 2. The minimum atomic E-state index is 1.01. The topological polar surface area (TPSA) is 0 Å². The molecule has 0 atom stereocenters. The second kappa shape index (κ2) is 4.06. The first kappa shape index (κ1) is 11.7. The van der Waals surface area contributed by atoms with Crippen LogP contribution in [0.1, 0.15) is 0 Å². The summed E-state index contributed by atoms with van der Waals surface area (Å²) in [6.45, 7) is 2.22. The van der Waals surface area contributed by atoms with Gasteiger partial charge in [0.15, 0.2) is 0 Å². The SMILES string of the molecule is C[N+](C)(C)CC=CC[N+](C)(C)C. The fraction of sp³-hybridized carbons (Fsp3) is 0.800. The van der Waals surface area contributed by atoms with Gasteiger partial charge < -0.3 is 8.97 Å². The molecule has 0 radical (unpaired) electrons. The van der Waals surface area contributed by atoms with Crippen LogP contribution in [-0.4, -0.2) is 64.3 Å². The van der Waals surface area contributed by atoms with Crippen LogP contribution in [0.4, 0.5) is 0 Å². The third-order valence-corrected chi connectivity index (χ3v) is 1.47. The van der Waals surface area contributed by atoms with Crippen molar-refractivity contribution in [3.63, 3.8) is 0 Å². The third kappa shape index (κ3) is 9.66. The highest BCUT2D eigenvalue weighted by Crippen LogP contribution is 1.93. The molecule has 0 aliphatic heterocycles. The summed E-state index contributed by atoms with van der Waals surface area (Å²) in [5.74, 6) is 0. The third-order valence-electron chi connectivity index (χ3n) is 1.47. The van der Waals surface area contributed by atoms with Crippen molar-refractivity contribution in [2.75, 3.05) is 55.4 Å². The van der Waals surface area contributed by atoms with Crippen molar-refractivity contribution in [2.24, 2.45) is 0 Å². The molecule has 2 heteroatoms. The van der Waals surface area contributed by atoms with E-state index in [1.807, 2.05) is 0 Å². The van der Waals surface area contributed by atoms with E-state index in [0.717, 1.165) is 22.1 Å². The van der Waals surface area contributed by atoms with Crippen LogP contribution in [0.2, 0.25) is 0 Å². The van der Waals surface area contributed by atoms with Gasteiger partial charge in [-0.05, 0) is 12.2 Å². The van der Waals surface area contributed by atoms with Crippen molar-refractivity contribution in [3.05, 3.63) is 12.2 Å². The molecule has 0 aromatic rings. The fourth-order valence-electron chi connectivity index (χ4n) is 0.782. The molecule has 0 saturated carbocycles. The van der Waals surface area contributed by atoms with Gasteiger partial charge >= 0.3 is 0 Å². The Kier molecular flexibility index (Phi) is 3.94. The maximum atomic E-state index is 2.27. The first-order chi connectivity index (χ1) is 5.21. The first-order valence-corrected chi connectivity index (χ1v) is 4.47. The van der Waals surface area contributed by atoms with Crippen LogP contribution in [0.15, 0.2) is 12.2 Å². The van der Waals surface area contributed by atoms with Gasteiger partial charge in [0.25, 0.3) is 0 Å². The number of hydrogen-bond acceptors (Lipinski definition) is 0. The van der Waals surface area contributed by atoms with Gasteiger partial charge in [0.2, 0.25) is 0 Å². The minimum Gasteiger partial charge on any atom is -0.328 e. The molecule has 0 bridgehead atoms. The van der Waals surface area contributed by atoms with E-state index in [-0.39, 0.29) is 0 Å². The quantitative estimate of drug-likeness (QED) is 0.437. The summed E-state index contributed by atoms with van der Waals surface area (Å²) in [7, 11) is 13.2. The lowest BCUT2D eigenvalue weighted by molar-refractivity contribution is -0.866. The Labute approximate surface area is 77.3 Å². The van der Waals surface area contributed by atoms with Gasteiger partial charge in [0, 0.05) is 0 Å². The van der Waals surface area contributed by atoms with Crippen LogP contribution in [-0.2, 0) is 0 Å². The van der Waals surface area contributed by atoms with Crippen LogP contribution in [0.5, 0.6) is 0 Å². The van der Waals surface area contributed by atoms with Gasteiger partial charge in [-0.15, -0.1) is 0 Å². The van der Waals surface area contributed by atoms with Gasteiger partial charge in [-0.3, -0.25) is 0 Å². The summed E-state index contributed by atoms with van der Waals surface area (Å²) in [5, 5.41) is 0. The van der Waals surface area contributed by atoms with Crippen molar-refractivity contribution in [3.8, 4) is 0 Å². The number of quaternary nitrogens is 2. The molecule has 0 N–H and O–H groups in total. The molecule has 0 heterocycles. The van der Waals surface area contributed by atoms with E-state index in [4.69, 9.17) is 0 Å². The summed E-state index contributed by atoms with van der Waals surface area (Å²) < 4.78 is 2.02. The zero-order valence-electron chi connectivity index (χ0n) is 9.46. The Morgan fingerprint density at radius 2 is 0.917 bits per heavy atom. The van der Waals surface area contributed by atoms with Crippen molar-refractivity contribution in [2.45, 2.75) is 0 Å². The van der Waals surface area contributed by atoms with E-state index in [0.29, 0.717) is 0 Å². The van der Waals surface area contributed by atoms with Crippen LogP contribution in [0.25, 0.3) is 0 Å².